The minimum Gasteiger partial charge on any atom is -0.375 e. The monoisotopic (exact) mass is 299 g/mol. The van der Waals surface area contributed by atoms with Crippen LogP contribution in [-0.4, -0.2) is 21.6 Å². The van der Waals surface area contributed by atoms with Crippen LogP contribution in [0.15, 0.2) is 48.6 Å². The molecule has 0 spiro atoms. The number of nitrogens with two attached hydrogens (primary N) is 1. The van der Waals surface area contributed by atoms with E-state index < -0.39 is 0 Å². The second-order valence-corrected chi connectivity index (χ2v) is 5.18. The maximum absolute atomic E-state index is 9.24. The number of nitrogens with zero attached hydrogens (tertiary/aromatic N) is 3. The molecule has 0 aromatic heterocycles. The summed E-state index contributed by atoms with van der Waals surface area (Å²) in [5.41, 5.74) is 11.2. The second kappa shape index (κ2) is 6.77. The summed E-state index contributed by atoms with van der Waals surface area (Å²) in [5, 5.41) is 11.0. The lowest BCUT2D eigenvalue weighted by atomic mass is 10.1. The van der Waals surface area contributed by atoms with Crippen molar-refractivity contribution in [1.82, 2.24) is 15.3 Å². The normalized spacial score (nSPS) is 13.6. The highest BCUT2D eigenvalue weighted by molar-refractivity contribution is 7.80. The highest BCUT2D eigenvalue weighted by Gasteiger charge is 2.13. The van der Waals surface area contributed by atoms with Crippen LogP contribution in [0.1, 0.15) is 11.1 Å². The number of hydrogen-bond acceptors (Lipinski definition) is 4. The topological polar surface area (TPSA) is 68.3 Å². The summed E-state index contributed by atoms with van der Waals surface area (Å²) in [5.74, 6) is 0. The van der Waals surface area contributed by atoms with Crippen LogP contribution < -0.4 is 11.2 Å². The van der Waals surface area contributed by atoms with E-state index in [1.54, 1.807) is 17.4 Å². The summed E-state index contributed by atoms with van der Waals surface area (Å²) in [6.45, 7) is 2.81. The molecule has 0 radical (unpaired) electrons. The summed E-state index contributed by atoms with van der Waals surface area (Å²) >= 11 is 4.77. The van der Waals surface area contributed by atoms with Crippen molar-refractivity contribution in [1.29, 1.82) is 5.26 Å². The lowest BCUT2D eigenvalue weighted by molar-refractivity contribution is 0.382. The molecule has 0 aliphatic carbocycles. The largest absolute Gasteiger partial charge is 0.375 e. The quantitative estimate of drug-likeness (QED) is 0.826. The van der Waals surface area contributed by atoms with E-state index in [1.165, 1.54) is 11.1 Å². The van der Waals surface area contributed by atoms with E-state index >= 15 is 0 Å². The molecule has 5 nitrogen and oxygen atoms in total. The molecule has 1 aromatic carbocycles. The van der Waals surface area contributed by atoms with Crippen molar-refractivity contribution in [3.8, 4) is 6.07 Å². The van der Waals surface area contributed by atoms with E-state index in [1.807, 2.05) is 17.2 Å². The Morgan fingerprint density at radius 1 is 1.43 bits per heavy atom. The van der Waals surface area contributed by atoms with Gasteiger partial charge in [-0.2, -0.15) is 5.26 Å². The molecule has 108 valence electrons. The van der Waals surface area contributed by atoms with E-state index in [0.29, 0.717) is 5.70 Å². The van der Waals surface area contributed by atoms with Gasteiger partial charge in [-0.05, 0) is 31.1 Å². The Kier molecular flexibility index (Phi) is 4.80. The van der Waals surface area contributed by atoms with Crippen molar-refractivity contribution >= 4 is 17.3 Å². The molecular weight excluding hydrogens is 282 g/mol. The number of nitrogens with one attached hydrogen (secondary N) is 1. The maximum Gasteiger partial charge on any atom is 0.183 e. The summed E-state index contributed by atoms with van der Waals surface area (Å²) in [6, 6.07) is 10.5. The van der Waals surface area contributed by atoms with Crippen molar-refractivity contribution in [2.75, 3.05) is 6.54 Å². The molecule has 0 amide bonds. The molecule has 1 aliphatic rings. The molecule has 1 heterocycles. The SMILES string of the molecule is Cc1cccc(CCN2C=CN(NC(N)=S)C=C2C#N)c1. The fraction of sp³-hybridized carbons (Fsp3) is 0.200. The van der Waals surface area contributed by atoms with Crippen LogP contribution in [0.3, 0.4) is 0 Å². The molecule has 0 saturated heterocycles. The van der Waals surface area contributed by atoms with Crippen molar-refractivity contribution in [3.63, 3.8) is 0 Å². The zero-order valence-electron chi connectivity index (χ0n) is 11.8. The predicted molar refractivity (Wildman–Crippen MR) is 86.2 cm³/mol. The van der Waals surface area contributed by atoms with Crippen molar-refractivity contribution in [2.45, 2.75) is 13.3 Å². The number of thiocarbonyl (C=S) groups is 1. The Bertz CT molecular complexity index is 629. The first kappa shape index (κ1) is 14.9. The molecule has 0 atom stereocenters. The minimum absolute atomic E-state index is 0.154. The molecule has 21 heavy (non-hydrogen) atoms. The molecule has 0 saturated carbocycles. The molecule has 1 aliphatic heterocycles. The third-order valence-corrected chi connectivity index (χ3v) is 3.15. The Balaban J connectivity index is 2.00. The van der Waals surface area contributed by atoms with Gasteiger partial charge in [-0.3, -0.25) is 10.4 Å². The van der Waals surface area contributed by atoms with Gasteiger partial charge in [-0.1, -0.05) is 29.8 Å². The number of allylic oxidation sites excluding steroid dienone is 1. The van der Waals surface area contributed by atoms with Crippen LogP contribution in [0.25, 0.3) is 0 Å². The van der Waals surface area contributed by atoms with Gasteiger partial charge in [0.1, 0.15) is 11.8 Å². The smallest absolute Gasteiger partial charge is 0.183 e. The number of hydrogen-bond donors (Lipinski definition) is 2. The van der Waals surface area contributed by atoms with Gasteiger partial charge in [0.25, 0.3) is 0 Å². The molecule has 1 aromatic rings. The molecular formula is C15H17N5S. The lowest BCUT2D eigenvalue weighted by Crippen LogP contribution is -2.41. The summed E-state index contributed by atoms with van der Waals surface area (Å²) in [7, 11) is 0. The van der Waals surface area contributed by atoms with Crippen LogP contribution in [0, 0.1) is 18.3 Å². The first-order valence-corrected chi connectivity index (χ1v) is 6.96. The Morgan fingerprint density at radius 2 is 2.24 bits per heavy atom. The van der Waals surface area contributed by atoms with Gasteiger partial charge in [-0.25, -0.2) is 0 Å². The molecule has 0 bridgehead atoms. The Morgan fingerprint density at radius 3 is 2.90 bits per heavy atom. The number of hydrazine groups is 1. The first-order chi connectivity index (χ1) is 10.1. The molecule has 0 fully saturated rings. The number of rotatable bonds is 4. The number of aryl methyl sites for hydroxylation is 1. The Hall–Kier alpha value is -2.52. The molecule has 0 unspecified atom stereocenters. The standard InChI is InChI=1S/C15H17N5S/c1-12-3-2-4-13(9-12)5-6-19-7-8-20(18-15(17)21)11-14(19)10-16/h2-4,7-9,11H,5-6H2,1H3,(H3,17,18,21). The van der Waals surface area contributed by atoms with E-state index in [9.17, 15) is 5.26 Å². The van der Waals surface area contributed by atoms with Crippen molar-refractivity contribution < 1.29 is 0 Å². The zero-order chi connectivity index (χ0) is 15.2. The minimum atomic E-state index is 0.154. The van der Waals surface area contributed by atoms with E-state index in [-0.39, 0.29) is 5.11 Å². The van der Waals surface area contributed by atoms with Crippen molar-refractivity contribution in [2.24, 2.45) is 5.73 Å². The van der Waals surface area contributed by atoms with E-state index in [2.05, 4.69) is 36.6 Å². The molecule has 2 rings (SSSR count). The highest BCUT2D eigenvalue weighted by Crippen LogP contribution is 2.13. The van der Waals surface area contributed by atoms with Gasteiger partial charge in [-0.15, -0.1) is 0 Å². The lowest BCUT2D eigenvalue weighted by Gasteiger charge is -2.27. The predicted octanol–water partition coefficient (Wildman–Crippen LogP) is 1.74. The maximum atomic E-state index is 9.24. The van der Waals surface area contributed by atoms with E-state index in [0.717, 1.165) is 13.0 Å². The van der Waals surface area contributed by atoms with Gasteiger partial charge in [0.2, 0.25) is 0 Å². The summed E-state index contributed by atoms with van der Waals surface area (Å²) in [6.07, 6.45) is 6.14. The van der Waals surface area contributed by atoms with Gasteiger partial charge in [0, 0.05) is 18.9 Å². The van der Waals surface area contributed by atoms with Crippen LogP contribution in [0.5, 0.6) is 0 Å². The van der Waals surface area contributed by atoms with Crippen LogP contribution in [0.2, 0.25) is 0 Å². The van der Waals surface area contributed by atoms with Crippen molar-refractivity contribution in [3.05, 3.63) is 59.7 Å². The van der Waals surface area contributed by atoms with Crippen LogP contribution in [0.4, 0.5) is 0 Å². The van der Waals surface area contributed by atoms with Crippen LogP contribution in [-0.2, 0) is 6.42 Å². The van der Waals surface area contributed by atoms with Crippen LogP contribution >= 0.6 is 12.2 Å². The Labute approximate surface area is 129 Å². The zero-order valence-corrected chi connectivity index (χ0v) is 12.6. The fourth-order valence-corrected chi connectivity index (χ4v) is 2.19. The van der Waals surface area contributed by atoms with E-state index in [4.69, 9.17) is 18.0 Å². The van der Waals surface area contributed by atoms with Gasteiger partial charge in [0.05, 0.1) is 6.20 Å². The van der Waals surface area contributed by atoms with Gasteiger partial charge < -0.3 is 10.6 Å². The second-order valence-electron chi connectivity index (χ2n) is 4.74. The third kappa shape index (κ3) is 4.23. The number of benzene rings is 1. The summed E-state index contributed by atoms with van der Waals surface area (Å²) in [4.78, 5) is 1.90. The van der Waals surface area contributed by atoms with Gasteiger partial charge in [0.15, 0.2) is 5.11 Å². The average molecular weight is 299 g/mol. The number of nitriles is 1. The summed E-state index contributed by atoms with van der Waals surface area (Å²) < 4.78 is 0. The third-order valence-electron chi connectivity index (χ3n) is 3.06. The fourth-order valence-electron chi connectivity index (χ4n) is 2.08. The first-order valence-electron chi connectivity index (χ1n) is 6.55. The van der Waals surface area contributed by atoms with Gasteiger partial charge >= 0.3 is 0 Å². The molecule has 6 heteroatoms. The molecule has 3 N–H and O–H groups in total. The highest BCUT2D eigenvalue weighted by atomic mass is 32.1. The average Bonchev–Trinajstić information content (AvgIpc) is 2.45.